The molecule has 0 unspecified atom stereocenters. The summed E-state index contributed by atoms with van der Waals surface area (Å²) in [5.41, 5.74) is 1.22. The number of benzene rings is 3. The molecule has 212 valence electrons. The second kappa shape index (κ2) is 13.9. The average Bonchev–Trinajstić information content (AvgIpc) is 2.97. The van der Waals surface area contributed by atoms with Crippen LogP contribution in [0.2, 0.25) is 0 Å². The molecule has 7 nitrogen and oxygen atoms in total. The van der Waals surface area contributed by atoms with E-state index in [-0.39, 0.29) is 23.4 Å². The quantitative estimate of drug-likeness (QED) is 0.287. The highest BCUT2D eigenvalue weighted by Crippen LogP contribution is 2.26. The lowest BCUT2D eigenvalue weighted by molar-refractivity contribution is -0.140. The maximum Gasteiger partial charge on any atom is 0.264 e. The predicted octanol–water partition coefficient (Wildman–Crippen LogP) is 5.90. The third kappa shape index (κ3) is 7.52. The first-order valence-corrected chi connectivity index (χ1v) is 16.0. The van der Waals surface area contributed by atoms with Crippen molar-refractivity contribution in [3.63, 3.8) is 0 Å². The van der Waals surface area contributed by atoms with E-state index >= 15 is 0 Å². The molecule has 1 saturated carbocycles. The Morgan fingerprint density at radius 1 is 0.900 bits per heavy atom. The molecule has 0 heterocycles. The second-order valence-electron chi connectivity index (χ2n) is 10.1. The number of nitrogens with one attached hydrogen (secondary N) is 1. The SMILES string of the molecule is CC[C@@H](C(=O)NC1CCCCC1)N(Cc1ccccc1)C(=O)CN(c1ccc(Br)cc1)S(=O)(=O)c1ccccc1. The first kappa shape index (κ1) is 29.8. The van der Waals surface area contributed by atoms with Gasteiger partial charge in [-0.15, -0.1) is 0 Å². The Morgan fingerprint density at radius 2 is 1.50 bits per heavy atom. The van der Waals surface area contributed by atoms with Gasteiger partial charge in [-0.2, -0.15) is 0 Å². The van der Waals surface area contributed by atoms with Crippen LogP contribution >= 0.6 is 15.9 Å². The lowest BCUT2D eigenvalue weighted by atomic mass is 9.95. The van der Waals surface area contributed by atoms with E-state index in [0.29, 0.717) is 12.1 Å². The van der Waals surface area contributed by atoms with E-state index in [9.17, 15) is 18.0 Å². The maximum atomic E-state index is 14.1. The number of hydrogen-bond donors (Lipinski definition) is 1. The molecule has 0 bridgehead atoms. The Labute approximate surface area is 245 Å². The molecule has 3 aromatic rings. The minimum absolute atomic E-state index is 0.0856. The molecule has 0 saturated heterocycles. The van der Waals surface area contributed by atoms with Gasteiger partial charge in [0.05, 0.1) is 10.6 Å². The van der Waals surface area contributed by atoms with Crippen molar-refractivity contribution in [2.75, 3.05) is 10.8 Å². The van der Waals surface area contributed by atoms with E-state index < -0.39 is 28.5 Å². The van der Waals surface area contributed by atoms with Gasteiger partial charge < -0.3 is 10.2 Å². The molecule has 3 aromatic carbocycles. The zero-order valence-corrected chi connectivity index (χ0v) is 25.1. The molecule has 1 aliphatic carbocycles. The topological polar surface area (TPSA) is 86.8 Å². The van der Waals surface area contributed by atoms with Gasteiger partial charge in [0.2, 0.25) is 11.8 Å². The summed E-state index contributed by atoms with van der Waals surface area (Å²) in [6, 6.07) is 23.7. The van der Waals surface area contributed by atoms with Crippen LogP contribution in [0.5, 0.6) is 0 Å². The maximum absolute atomic E-state index is 14.1. The first-order chi connectivity index (χ1) is 19.3. The lowest BCUT2D eigenvalue weighted by Gasteiger charge is -2.34. The molecule has 0 aromatic heterocycles. The normalized spacial score (nSPS) is 14.8. The molecule has 2 amide bonds. The molecule has 1 N–H and O–H groups in total. The van der Waals surface area contributed by atoms with Gasteiger partial charge in [-0.3, -0.25) is 13.9 Å². The van der Waals surface area contributed by atoms with E-state index in [1.165, 1.54) is 23.5 Å². The van der Waals surface area contributed by atoms with Crippen LogP contribution in [0.4, 0.5) is 5.69 Å². The molecule has 40 heavy (non-hydrogen) atoms. The standard InChI is InChI=1S/C31H36BrN3O4S/c1-2-29(31(37)33-26-14-8-4-9-15-26)34(22-24-12-6-3-7-13-24)30(36)23-35(27-20-18-25(32)19-21-27)40(38,39)28-16-10-5-11-17-28/h3,5-7,10-13,16-21,26,29H,2,4,8-9,14-15,22-23H2,1H3,(H,33,37)/t29-/m0/s1. The van der Waals surface area contributed by atoms with Crippen LogP contribution < -0.4 is 9.62 Å². The van der Waals surface area contributed by atoms with Gasteiger partial charge in [0.1, 0.15) is 12.6 Å². The number of halogens is 1. The van der Waals surface area contributed by atoms with Gasteiger partial charge in [0.15, 0.2) is 0 Å². The molecule has 0 aliphatic heterocycles. The molecule has 1 fully saturated rings. The summed E-state index contributed by atoms with van der Waals surface area (Å²) in [6.45, 7) is 1.62. The zero-order valence-electron chi connectivity index (χ0n) is 22.7. The number of carbonyl (C=O) groups excluding carboxylic acids is 2. The largest absolute Gasteiger partial charge is 0.352 e. The number of hydrogen-bond acceptors (Lipinski definition) is 4. The molecule has 9 heteroatoms. The van der Waals surface area contributed by atoms with Crippen LogP contribution in [0, 0.1) is 0 Å². The highest BCUT2D eigenvalue weighted by molar-refractivity contribution is 9.10. The number of amides is 2. The van der Waals surface area contributed by atoms with Crippen LogP contribution in [-0.4, -0.2) is 43.8 Å². The van der Waals surface area contributed by atoms with Gasteiger partial charge in [-0.05, 0) is 61.2 Å². The predicted molar refractivity (Wildman–Crippen MR) is 161 cm³/mol. The highest BCUT2D eigenvalue weighted by Gasteiger charge is 2.34. The first-order valence-electron chi connectivity index (χ1n) is 13.8. The lowest BCUT2D eigenvalue weighted by Crippen LogP contribution is -2.54. The summed E-state index contributed by atoms with van der Waals surface area (Å²) in [7, 11) is -4.07. The Morgan fingerprint density at radius 3 is 2.10 bits per heavy atom. The summed E-state index contributed by atoms with van der Waals surface area (Å²) < 4.78 is 29.6. The Bertz CT molecular complexity index is 1360. The van der Waals surface area contributed by atoms with Crippen molar-refractivity contribution in [2.45, 2.75) is 69.0 Å². The summed E-state index contributed by atoms with van der Waals surface area (Å²) in [6.07, 6.45) is 5.59. The van der Waals surface area contributed by atoms with Crippen molar-refractivity contribution in [2.24, 2.45) is 0 Å². The number of carbonyl (C=O) groups is 2. The van der Waals surface area contributed by atoms with Crippen LogP contribution in [0.1, 0.15) is 51.0 Å². The Balaban J connectivity index is 1.67. The fourth-order valence-corrected chi connectivity index (χ4v) is 6.80. The molecule has 1 aliphatic rings. The van der Waals surface area contributed by atoms with Crippen LogP contribution in [0.15, 0.2) is 94.3 Å². The van der Waals surface area contributed by atoms with Crippen molar-refractivity contribution >= 4 is 43.5 Å². The number of anilines is 1. The van der Waals surface area contributed by atoms with Gasteiger partial charge in [-0.1, -0.05) is 90.6 Å². The van der Waals surface area contributed by atoms with Crippen LogP contribution in [0.3, 0.4) is 0 Å². The van der Waals surface area contributed by atoms with Crippen molar-refractivity contribution in [1.29, 1.82) is 0 Å². The Hall–Kier alpha value is -3.17. The average molecular weight is 627 g/mol. The fourth-order valence-electron chi connectivity index (χ4n) is 5.10. The minimum atomic E-state index is -4.07. The van der Waals surface area contributed by atoms with Crippen molar-refractivity contribution in [3.8, 4) is 0 Å². The second-order valence-corrected chi connectivity index (χ2v) is 12.9. The van der Waals surface area contributed by atoms with E-state index in [4.69, 9.17) is 0 Å². The Kier molecular flexibility index (Phi) is 10.4. The van der Waals surface area contributed by atoms with Gasteiger partial charge >= 0.3 is 0 Å². The number of sulfonamides is 1. The summed E-state index contributed by atoms with van der Waals surface area (Å²) in [5.74, 6) is -0.642. The molecule has 0 radical (unpaired) electrons. The van der Waals surface area contributed by atoms with E-state index in [1.54, 1.807) is 42.5 Å². The molecular formula is C31H36BrN3O4S. The summed E-state index contributed by atoms with van der Waals surface area (Å²) in [4.78, 5) is 29.3. The number of nitrogens with zero attached hydrogens (tertiary/aromatic N) is 2. The fraction of sp³-hybridized carbons (Fsp3) is 0.355. The summed E-state index contributed by atoms with van der Waals surface area (Å²) >= 11 is 3.40. The van der Waals surface area contributed by atoms with E-state index in [1.807, 2.05) is 37.3 Å². The van der Waals surface area contributed by atoms with Crippen molar-refractivity contribution in [1.82, 2.24) is 10.2 Å². The highest BCUT2D eigenvalue weighted by atomic mass is 79.9. The van der Waals surface area contributed by atoms with Crippen molar-refractivity contribution < 1.29 is 18.0 Å². The van der Waals surface area contributed by atoms with E-state index in [0.717, 1.165) is 40.0 Å². The minimum Gasteiger partial charge on any atom is -0.352 e. The number of rotatable bonds is 11. The molecule has 0 spiro atoms. The van der Waals surface area contributed by atoms with Gasteiger partial charge in [0, 0.05) is 17.1 Å². The third-order valence-corrected chi connectivity index (χ3v) is 9.57. The molecular weight excluding hydrogens is 590 g/mol. The van der Waals surface area contributed by atoms with Crippen molar-refractivity contribution in [3.05, 3.63) is 95.0 Å². The zero-order chi connectivity index (χ0) is 28.5. The molecule has 4 rings (SSSR count). The van der Waals surface area contributed by atoms with E-state index in [2.05, 4.69) is 21.2 Å². The summed E-state index contributed by atoms with van der Waals surface area (Å²) in [5, 5.41) is 3.17. The van der Waals surface area contributed by atoms with Crippen LogP contribution in [0.25, 0.3) is 0 Å². The third-order valence-electron chi connectivity index (χ3n) is 7.26. The monoisotopic (exact) mass is 625 g/mol. The van der Waals surface area contributed by atoms with Gasteiger partial charge in [0.25, 0.3) is 10.0 Å². The van der Waals surface area contributed by atoms with Crippen LogP contribution in [-0.2, 0) is 26.2 Å². The van der Waals surface area contributed by atoms with Gasteiger partial charge in [-0.25, -0.2) is 8.42 Å². The molecule has 1 atom stereocenters. The smallest absolute Gasteiger partial charge is 0.264 e.